The monoisotopic (exact) mass is 496 g/mol. The van der Waals surface area contributed by atoms with Crippen LogP contribution in [0.3, 0.4) is 0 Å². The Labute approximate surface area is 209 Å². The van der Waals surface area contributed by atoms with Gasteiger partial charge in [0.25, 0.3) is 5.91 Å². The van der Waals surface area contributed by atoms with E-state index >= 15 is 0 Å². The first-order valence-corrected chi connectivity index (χ1v) is 12.7. The van der Waals surface area contributed by atoms with Crippen molar-refractivity contribution in [3.8, 4) is 11.9 Å². The van der Waals surface area contributed by atoms with Crippen molar-refractivity contribution in [3.05, 3.63) is 35.4 Å². The maximum absolute atomic E-state index is 13.4. The fourth-order valence-electron chi connectivity index (χ4n) is 5.34. The molecule has 192 valence electrons. The number of benzene rings is 1. The van der Waals surface area contributed by atoms with Crippen molar-refractivity contribution in [2.75, 3.05) is 37.0 Å². The second kappa shape index (κ2) is 10.7. The van der Waals surface area contributed by atoms with E-state index in [2.05, 4.69) is 22.1 Å². The number of carbonyl (C=O) groups excluding carboxylic acids is 1. The molecule has 2 aliphatic heterocycles. The van der Waals surface area contributed by atoms with E-state index in [-0.39, 0.29) is 54.2 Å². The molecule has 3 aliphatic rings. The molecule has 1 saturated heterocycles. The Balaban J connectivity index is 1.26. The predicted octanol–water partition coefficient (Wildman–Crippen LogP) is 3.40. The summed E-state index contributed by atoms with van der Waals surface area (Å²) in [5.41, 5.74) is 8.26. The summed E-state index contributed by atoms with van der Waals surface area (Å²) >= 11 is 0. The molecule has 1 unspecified atom stereocenters. The Hall–Kier alpha value is -3.40. The van der Waals surface area contributed by atoms with Gasteiger partial charge in [0.05, 0.1) is 12.6 Å². The SMILES string of the molecule is Nc1nc(OCC2CCCO2)nc2c1C(=O)N(c1ccc(C3CCC(CC(=O)O)CC3)cc1)CCO2. The van der Waals surface area contributed by atoms with Gasteiger partial charge >= 0.3 is 12.0 Å². The number of carboxylic acid groups (broad SMARTS) is 1. The van der Waals surface area contributed by atoms with Gasteiger partial charge in [-0.15, -0.1) is 0 Å². The minimum Gasteiger partial charge on any atom is -0.481 e. The number of amides is 1. The lowest BCUT2D eigenvalue weighted by atomic mass is 9.77. The number of fused-ring (bicyclic) bond motifs is 1. The number of nitrogens with zero attached hydrogens (tertiary/aromatic N) is 3. The summed E-state index contributed by atoms with van der Waals surface area (Å²) in [5.74, 6) is -0.204. The molecule has 1 aromatic heterocycles. The molecule has 1 aromatic carbocycles. The number of nitrogens with two attached hydrogens (primary N) is 1. The van der Waals surface area contributed by atoms with Crippen LogP contribution in [-0.4, -0.2) is 59.4 Å². The second-order valence-electron chi connectivity index (χ2n) is 9.73. The smallest absolute Gasteiger partial charge is 0.321 e. The lowest BCUT2D eigenvalue weighted by Crippen LogP contribution is -2.32. The van der Waals surface area contributed by atoms with Crippen LogP contribution >= 0.6 is 0 Å². The number of aliphatic carboxylic acids is 1. The van der Waals surface area contributed by atoms with Crippen LogP contribution < -0.4 is 20.1 Å². The zero-order chi connectivity index (χ0) is 25.1. The number of rotatable bonds is 7. The standard InChI is InChI=1S/C26H32N4O6/c27-23-22-24(29-26(28-23)36-15-20-2-1-12-34-20)35-13-11-30(25(22)33)19-9-7-18(8-10-19)17-5-3-16(4-6-17)14-21(31)32/h7-10,16-17,20H,1-6,11-15H2,(H,31,32)(H2,27,28,29). The third-order valence-corrected chi connectivity index (χ3v) is 7.30. The van der Waals surface area contributed by atoms with Crippen LogP contribution in [0, 0.1) is 5.92 Å². The summed E-state index contributed by atoms with van der Waals surface area (Å²) in [5, 5.41) is 9.03. The summed E-state index contributed by atoms with van der Waals surface area (Å²) in [6, 6.07) is 8.07. The van der Waals surface area contributed by atoms with Gasteiger partial charge in [0.15, 0.2) is 0 Å². The third-order valence-electron chi connectivity index (χ3n) is 7.30. The molecule has 10 heteroatoms. The highest BCUT2D eigenvalue weighted by molar-refractivity contribution is 6.10. The van der Waals surface area contributed by atoms with E-state index in [0.717, 1.165) is 50.8 Å². The largest absolute Gasteiger partial charge is 0.481 e. The van der Waals surface area contributed by atoms with Crippen molar-refractivity contribution < 1.29 is 28.9 Å². The van der Waals surface area contributed by atoms with Crippen LogP contribution in [0.2, 0.25) is 0 Å². The summed E-state index contributed by atoms with van der Waals surface area (Å²) in [4.78, 5) is 34.5. The first kappa shape index (κ1) is 24.3. The Morgan fingerprint density at radius 2 is 1.89 bits per heavy atom. The number of anilines is 2. The molecule has 1 aliphatic carbocycles. The molecule has 2 aromatic rings. The molecule has 5 rings (SSSR count). The highest BCUT2D eigenvalue weighted by Crippen LogP contribution is 2.38. The number of nitrogen functional groups attached to an aromatic ring is 1. The molecule has 3 heterocycles. The van der Waals surface area contributed by atoms with Gasteiger partial charge in [-0.3, -0.25) is 9.59 Å². The van der Waals surface area contributed by atoms with Crippen molar-refractivity contribution in [1.29, 1.82) is 0 Å². The maximum Gasteiger partial charge on any atom is 0.321 e. The molecule has 1 saturated carbocycles. The Bertz CT molecular complexity index is 1090. The Morgan fingerprint density at radius 1 is 1.11 bits per heavy atom. The van der Waals surface area contributed by atoms with Gasteiger partial charge in [-0.25, -0.2) is 0 Å². The van der Waals surface area contributed by atoms with Gasteiger partial charge in [-0.05, 0) is 68.1 Å². The van der Waals surface area contributed by atoms with Crippen molar-refractivity contribution in [1.82, 2.24) is 9.97 Å². The van der Waals surface area contributed by atoms with Crippen LogP contribution in [-0.2, 0) is 9.53 Å². The fraction of sp³-hybridized carbons (Fsp3) is 0.538. The van der Waals surface area contributed by atoms with Crippen LogP contribution in [0.1, 0.15) is 66.8 Å². The molecule has 0 radical (unpaired) electrons. The van der Waals surface area contributed by atoms with Crippen molar-refractivity contribution in [2.24, 2.45) is 5.92 Å². The zero-order valence-electron chi connectivity index (χ0n) is 20.2. The number of aromatic nitrogens is 2. The summed E-state index contributed by atoms with van der Waals surface area (Å²) in [6.45, 7) is 1.66. The van der Waals surface area contributed by atoms with Gasteiger partial charge < -0.3 is 30.0 Å². The predicted molar refractivity (Wildman–Crippen MR) is 131 cm³/mol. The number of carboxylic acids is 1. The lowest BCUT2D eigenvalue weighted by molar-refractivity contribution is -0.138. The average molecular weight is 497 g/mol. The first-order chi connectivity index (χ1) is 17.5. The second-order valence-corrected chi connectivity index (χ2v) is 9.73. The summed E-state index contributed by atoms with van der Waals surface area (Å²) in [6.07, 6.45) is 6.00. The molecule has 1 amide bonds. The average Bonchev–Trinajstić information content (AvgIpc) is 3.33. The van der Waals surface area contributed by atoms with E-state index in [4.69, 9.17) is 25.1 Å². The topological polar surface area (TPSA) is 137 Å². The maximum atomic E-state index is 13.4. The molecule has 2 fully saturated rings. The summed E-state index contributed by atoms with van der Waals surface area (Å²) in [7, 11) is 0. The molecule has 36 heavy (non-hydrogen) atoms. The zero-order valence-corrected chi connectivity index (χ0v) is 20.2. The van der Waals surface area contributed by atoms with E-state index in [1.165, 1.54) is 5.56 Å². The molecular weight excluding hydrogens is 464 g/mol. The molecule has 3 N–H and O–H groups in total. The van der Waals surface area contributed by atoms with E-state index in [0.29, 0.717) is 19.1 Å². The van der Waals surface area contributed by atoms with E-state index < -0.39 is 5.97 Å². The lowest BCUT2D eigenvalue weighted by Gasteiger charge is -2.28. The third kappa shape index (κ3) is 5.38. The molecule has 10 nitrogen and oxygen atoms in total. The highest BCUT2D eigenvalue weighted by Gasteiger charge is 2.31. The van der Waals surface area contributed by atoms with E-state index in [9.17, 15) is 9.59 Å². The minimum absolute atomic E-state index is 0.00873. The fourth-order valence-corrected chi connectivity index (χ4v) is 5.34. The van der Waals surface area contributed by atoms with E-state index in [1.54, 1.807) is 4.90 Å². The normalized spacial score (nSPS) is 24.1. The van der Waals surface area contributed by atoms with Crippen LogP contribution in [0.4, 0.5) is 11.5 Å². The number of hydrogen-bond donors (Lipinski definition) is 2. The molecule has 0 bridgehead atoms. The van der Waals surface area contributed by atoms with Gasteiger partial charge in [0.1, 0.15) is 24.6 Å². The van der Waals surface area contributed by atoms with Crippen LogP contribution in [0.15, 0.2) is 24.3 Å². The van der Waals surface area contributed by atoms with Gasteiger partial charge in [0.2, 0.25) is 5.88 Å². The van der Waals surface area contributed by atoms with Gasteiger partial charge in [-0.1, -0.05) is 12.1 Å². The minimum atomic E-state index is -0.719. The van der Waals surface area contributed by atoms with Gasteiger partial charge in [0, 0.05) is 18.7 Å². The Kier molecular flexibility index (Phi) is 7.22. The highest BCUT2D eigenvalue weighted by atomic mass is 16.5. The number of ether oxygens (including phenoxy) is 3. The first-order valence-electron chi connectivity index (χ1n) is 12.7. The van der Waals surface area contributed by atoms with Crippen LogP contribution in [0.5, 0.6) is 11.9 Å². The quantitative estimate of drug-likeness (QED) is 0.591. The molecular formula is C26H32N4O6. The van der Waals surface area contributed by atoms with E-state index in [1.807, 2.05) is 12.1 Å². The Morgan fingerprint density at radius 3 is 2.58 bits per heavy atom. The van der Waals surface area contributed by atoms with Crippen LogP contribution in [0.25, 0.3) is 0 Å². The molecule has 1 atom stereocenters. The van der Waals surface area contributed by atoms with Gasteiger partial charge in [-0.2, -0.15) is 9.97 Å². The number of carbonyl (C=O) groups is 2. The number of hydrogen-bond acceptors (Lipinski definition) is 8. The van der Waals surface area contributed by atoms with Crippen molar-refractivity contribution >= 4 is 23.4 Å². The molecule has 0 spiro atoms. The summed E-state index contributed by atoms with van der Waals surface area (Å²) < 4.78 is 17.0. The van der Waals surface area contributed by atoms with Crippen molar-refractivity contribution in [3.63, 3.8) is 0 Å². The van der Waals surface area contributed by atoms with Crippen molar-refractivity contribution in [2.45, 2.75) is 57.0 Å².